The Balaban J connectivity index is 1.71. The van der Waals surface area contributed by atoms with Gasteiger partial charge in [0.25, 0.3) is 0 Å². The molecule has 2 aromatic heterocycles. The van der Waals surface area contributed by atoms with Gasteiger partial charge in [0.15, 0.2) is 0 Å². The van der Waals surface area contributed by atoms with E-state index >= 15 is 0 Å². The number of nitrogens with zero attached hydrogens (tertiary/aromatic N) is 4. The predicted molar refractivity (Wildman–Crippen MR) is 110 cm³/mol. The maximum Gasteiger partial charge on any atom is 0.142 e. The van der Waals surface area contributed by atoms with Crippen molar-refractivity contribution >= 4 is 28.5 Å². The zero-order valence-corrected chi connectivity index (χ0v) is 16.5. The molecule has 6 heteroatoms. The van der Waals surface area contributed by atoms with Crippen molar-refractivity contribution in [3.8, 4) is 11.4 Å². The Morgan fingerprint density at radius 3 is 2.74 bits per heavy atom. The summed E-state index contributed by atoms with van der Waals surface area (Å²) in [5.41, 5.74) is 2.92. The van der Waals surface area contributed by atoms with Gasteiger partial charge in [-0.25, -0.2) is 9.97 Å². The van der Waals surface area contributed by atoms with Gasteiger partial charge in [-0.15, -0.1) is 0 Å². The number of aromatic nitrogens is 3. The fourth-order valence-corrected chi connectivity index (χ4v) is 4.38. The summed E-state index contributed by atoms with van der Waals surface area (Å²) in [5.74, 6) is 2.56. The quantitative estimate of drug-likeness (QED) is 0.718. The van der Waals surface area contributed by atoms with Crippen LogP contribution >= 0.6 is 11.6 Å². The molecule has 0 aliphatic carbocycles. The van der Waals surface area contributed by atoms with Crippen molar-refractivity contribution in [2.45, 2.75) is 19.8 Å². The fourth-order valence-electron chi connectivity index (χ4n) is 4.19. The maximum atomic E-state index is 9.74. The summed E-state index contributed by atoms with van der Waals surface area (Å²) in [6, 6.07) is 10.1. The molecule has 0 saturated carbocycles. The van der Waals surface area contributed by atoms with Gasteiger partial charge in [-0.2, -0.15) is 0 Å². The van der Waals surface area contributed by atoms with Gasteiger partial charge in [-0.05, 0) is 30.5 Å². The van der Waals surface area contributed by atoms with E-state index in [1.54, 1.807) is 6.20 Å². The molecule has 5 nitrogen and oxygen atoms in total. The number of anilines is 1. The molecule has 1 aliphatic heterocycles. The standard InChI is InChI=1S/C21H25ClN4O/c1-3-6-14-11-26(12-15(14)13-27)20-9-16(17(22)10-23-20)21-24-18-7-4-5-8-19(18)25(21)2/h4-5,7-10,14-15,27H,3,6,11-13H2,1-2H3/t14-,15-/m0/s1. The lowest BCUT2D eigenvalue weighted by Gasteiger charge is -2.18. The third-order valence-electron chi connectivity index (χ3n) is 5.66. The number of halogens is 1. The molecule has 1 fully saturated rings. The molecule has 1 N–H and O–H groups in total. The molecule has 27 heavy (non-hydrogen) atoms. The zero-order chi connectivity index (χ0) is 19.0. The Kier molecular flexibility index (Phi) is 5.06. The second-order valence-corrected chi connectivity index (χ2v) is 7.81. The Morgan fingerprint density at radius 2 is 2.00 bits per heavy atom. The molecule has 0 spiro atoms. The van der Waals surface area contributed by atoms with E-state index in [0.717, 1.165) is 54.2 Å². The van der Waals surface area contributed by atoms with Gasteiger partial charge in [-0.3, -0.25) is 0 Å². The van der Waals surface area contributed by atoms with Crippen molar-refractivity contribution in [1.29, 1.82) is 0 Å². The number of benzene rings is 1. The number of pyridine rings is 1. The summed E-state index contributed by atoms with van der Waals surface area (Å²) in [6.07, 6.45) is 3.98. The van der Waals surface area contributed by atoms with Crippen LogP contribution in [0.3, 0.4) is 0 Å². The SMILES string of the molecule is CCC[C@H]1CN(c2cc(-c3nc4ccccc4n3C)c(Cl)cn2)C[C@H]1CO. The average molecular weight is 385 g/mol. The predicted octanol–water partition coefficient (Wildman–Crippen LogP) is 4.13. The van der Waals surface area contributed by atoms with Gasteiger partial charge in [0.05, 0.1) is 16.1 Å². The second kappa shape index (κ2) is 7.49. The van der Waals surface area contributed by atoms with Crippen molar-refractivity contribution in [1.82, 2.24) is 14.5 Å². The van der Waals surface area contributed by atoms with Crippen molar-refractivity contribution in [3.05, 3.63) is 41.6 Å². The first-order valence-electron chi connectivity index (χ1n) is 9.55. The number of imidazole rings is 1. The Morgan fingerprint density at radius 1 is 1.22 bits per heavy atom. The summed E-state index contributed by atoms with van der Waals surface area (Å²) >= 11 is 6.50. The van der Waals surface area contributed by atoms with E-state index in [9.17, 15) is 5.11 Å². The Hall–Kier alpha value is -2.11. The van der Waals surface area contributed by atoms with Gasteiger partial charge in [0.1, 0.15) is 11.6 Å². The largest absolute Gasteiger partial charge is 0.396 e. The minimum Gasteiger partial charge on any atom is -0.396 e. The van der Waals surface area contributed by atoms with Crippen molar-refractivity contribution in [2.24, 2.45) is 18.9 Å². The first kappa shape index (κ1) is 18.3. The van der Waals surface area contributed by atoms with E-state index in [-0.39, 0.29) is 6.61 Å². The van der Waals surface area contributed by atoms with Crippen molar-refractivity contribution < 1.29 is 5.11 Å². The highest BCUT2D eigenvalue weighted by molar-refractivity contribution is 6.33. The summed E-state index contributed by atoms with van der Waals surface area (Å²) in [4.78, 5) is 11.6. The smallest absolute Gasteiger partial charge is 0.142 e. The van der Waals surface area contributed by atoms with E-state index in [1.165, 1.54) is 0 Å². The lowest BCUT2D eigenvalue weighted by atomic mass is 9.93. The molecular formula is C21H25ClN4O. The number of aryl methyl sites for hydroxylation is 1. The summed E-state index contributed by atoms with van der Waals surface area (Å²) < 4.78 is 2.07. The van der Waals surface area contributed by atoms with Gasteiger partial charge >= 0.3 is 0 Å². The lowest BCUT2D eigenvalue weighted by Crippen LogP contribution is -2.21. The molecule has 1 aliphatic rings. The van der Waals surface area contributed by atoms with Gasteiger partial charge in [0, 0.05) is 44.4 Å². The van der Waals surface area contributed by atoms with Crippen LogP contribution in [0.5, 0.6) is 0 Å². The van der Waals surface area contributed by atoms with Crippen LogP contribution in [0.15, 0.2) is 36.5 Å². The van der Waals surface area contributed by atoms with Crippen LogP contribution in [0.4, 0.5) is 5.82 Å². The van der Waals surface area contributed by atoms with Gasteiger partial charge in [0.2, 0.25) is 0 Å². The number of fused-ring (bicyclic) bond motifs is 1. The Labute approximate surface area is 164 Å². The van der Waals surface area contributed by atoms with E-state index in [4.69, 9.17) is 16.6 Å². The highest BCUT2D eigenvalue weighted by Crippen LogP contribution is 2.35. The lowest BCUT2D eigenvalue weighted by molar-refractivity contribution is 0.201. The number of hydrogen-bond acceptors (Lipinski definition) is 4. The van der Waals surface area contributed by atoms with Crippen molar-refractivity contribution in [3.63, 3.8) is 0 Å². The number of rotatable bonds is 5. The minimum absolute atomic E-state index is 0.229. The number of aliphatic hydroxyl groups excluding tert-OH is 1. The van der Waals surface area contributed by atoms with E-state index in [1.807, 2.05) is 31.3 Å². The number of para-hydroxylation sites is 2. The minimum atomic E-state index is 0.229. The summed E-state index contributed by atoms with van der Waals surface area (Å²) in [7, 11) is 2.01. The van der Waals surface area contributed by atoms with E-state index in [2.05, 4.69) is 27.4 Å². The van der Waals surface area contributed by atoms with Crippen LogP contribution in [-0.4, -0.2) is 39.3 Å². The van der Waals surface area contributed by atoms with Crippen LogP contribution in [0, 0.1) is 11.8 Å². The average Bonchev–Trinajstić information content (AvgIpc) is 3.24. The molecule has 1 saturated heterocycles. The molecule has 4 rings (SSSR count). The molecule has 3 heterocycles. The molecule has 2 atom stereocenters. The van der Waals surface area contributed by atoms with Gasteiger partial charge in [-0.1, -0.05) is 37.1 Å². The van der Waals surface area contributed by atoms with Crippen molar-refractivity contribution in [2.75, 3.05) is 24.6 Å². The normalized spacial score (nSPS) is 19.9. The highest BCUT2D eigenvalue weighted by Gasteiger charge is 2.32. The molecule has 3 aromatic rings. The molecule has 0 bridgehead atoms. The zero-order valence-electron chi connectivity index (χ0n) is 15.8. The van der Waals surface area contributed by atoms with Crippen LogP contribution in [0.25, 0.3) is 22.4 Å². The number of hydrogen-bond donors (Lipinski definition) is 1. The fraction of sp³-hybridized carbons (Fsp3) is 0.429. The molecule has 1 aromatic carbocycles. The number of aliphatic hydroxyl groups is 1. The summed E-state index contributed by atoms with van der Waals surface area (Å²) in [5, 5.41) is 10.3. The monoisotopic (exact) mass is 384 g/mol. The van der Waals surface area contributed by atoms with Crippen LogP contribution in [0.1, 0.15) is 19.8 Å². The molecule has 142 valence electrons. The van der Waals surface area contributed by atoms with Gasteiger partial charge < -0.3 is 14.6 Å². The van der Waals surface area contributed by atoms with Crippen LogP contribution < -0.4 is 4.90 Å². The third-order valence-corrected chi connectivity index (χ3v) is 5.96. The Bertz CT molecular complexity index is 955. The topological polar surface area (TPSA) is 54.2 Å². The maximum absolute atomic E-state index is 9.74. The third kappa shape index (κ3) is 3.30. The van der Waals surface area contributed by atoms with Crippen LogP contribution in [0.2, 0.25) is 5.02 Å². The first-order valence-corrected chi connectivity index (χ1v) is 9.93. The molecule has 0 unspecified atom stereocenters. The van der Waals surface area contributed by atoms with E-state index in [0.29, 0.717) is 16.9 Å². The highest BCUT2D eigenvalue weighted by atomic mass is 35.5. The molecule has 0 amide bonds. The van der Waals surface area contributed by atoms with Crippen LogP contribution in [-0.2, 0) is 7.05 Å². The van der Waals surface area contributed by atoms with E-state index < -0.39 is 0 Å². The second-order valence-electron chi connectivity index (χ2n) is 7.40. The summed E-state index contributed by atoms with van der Waals surface area (Å²) in [6.45, 7) is 4.18. The molecular weight excluding hydrogens is 360 g/mol. The molecule has 0 radical (unpaired) electrons. The first-order chi connectivity index (χ1) is 13.1.